The second kappa shape index (κ2) is 4.93. The van der Waals surface area contributed by atoms with E-state index < -0.39 is 27.5 Å². The van der Waals surface area contributed by atoms with Gasteiger partial charge in [-0.15, -0.1) is 0 Å². The highest BCUT2D eigenvalue weighted by Crippen LogP contribution is 2.28. The third kappa shape index (κ3) is 3.26. The first-order chi connectivity index (χ1) is 8.35. The van der Waals surface area contributed by atoms with Gasteiger partial charge in [0.15, 0.2) is 9.84 Å². The van der Waals surface area contributed by atoms with E-state index in [1.807, 2.05) is 0 Å². The summed E-state index contributed by atoms with van der Waals surface area (Å²) in [5.41, 5.74) is 6.25. The van der Waals surface area contributed by atoms with Crippen molar-refractivity contribution in [3.05, 3.63) is 35.4 Å². The normalized spacial score (nSPS) is 24.1. The largest absolute Gasteiger partial charge is 0.324 e. The Bertz CT molecular complexity index is 525. The molecule has 0 radical (unpaired) electrons. The Balaban J connectivity index is 2.06. The van der Waals surface area contributed by atoms with E-state index in [0.717, 1.165) is 6.07 Å². The third-order valence-corrected chi connectivity index (χ3v) is 5.06. The van der Waals surface area contributed by atoms with Crippen LogP contribution in [0.15, 0.2) is 18.2 Å². The highest BCUT2D eigenvalue weighted by molar-refractivity contribution is 7.91. The minimum atomic E-state index is -2.94. The van der Waals surface area contributed by atoms with E-state index in [4.69, 9.17) is 5.73 Å². The van der Waals surface area contributed by atoms with E-state index in [-0.39, 0.29) is 17.4 Å². The molecule has 1 aromatic carbocycles. The van der Waals surface area contributed by atoms with Gasteiger partial charge in [0.05, 0.1) is 11.5 Å². The van der Waals surface area contributed by atoms with Crippen molar-refractivity contribution in [2.45, 2.75) is 18.9 Å². The van der Waals surface area contributed by atoms with Gasteiger partial charge < -0.3 is 5.73 Å². The average molecular weight is 275 g/mol. The Kier molecular flexibility index (Phi) is 3.68. The van der Waals surface area contributed by atoms with Gasteiger partial charge >= 0.3 is 0 Å². The first-order valence-electron chi connectivity index (χ1n) is 5.78. The van der Waals surface area contributed by atoms with Gasteiger partial charge in [-0.3, -0.25) is 0 Å². The molecule has 3 nitrogen and oxygen atoms in total. The molecule has 0 aromatic heterocycles. The zero-order valence-electron chi connectivity index (χ0n) is 9.77. The predicted octanol–water partition coefficient (Wildman–Crippen LogP) is 1.79. The van der Waals surface area contributed by atoms with Crippen molar-refractivity contribution in [3.63, 3.8) is 0 Å². The number of rotatable bonds is 3. The molecule has 1 fully saturated rings. The summed E-state index contributed by atoms with van der Waals surface area (Å²) in [6.45, 7) is 0. The molecule has 1 heterocycles. The van der Waals surface area contributed by atoms with Gasteiger partial charge in [-0.25, -0.2) is 17.2 Å². The quantitative estimate of drug-likeness (QED) is 0.915. The fourth-order valence-corrected chi connectivity index (χ4v) is 4.22. The molecule has 0 aliphatic carbocycles. The van der Waals surface area contributed by atoms with Crippen LogP contribution in [0.3, 0.4) is 0 Å². The maximum Gasteiger partial charge on any atom is 0.150 e. The second-order valence-electron chi connectivity index (χ2n) is 4.81. The highest BCUT2D eigenvalue weighted by atomic mass is 32.2. The van der Waals surface area contributed by atoms with Gasteiger partial charge in [0.2, 0.25) is 0 Å². The van der Waals surface area contributed by atoms with E-state index in [1.54, 1.807) is 0 Å². The van der Waals surface area contributed by atoms with Crippen molar-refractivity contribution >= 4 is 9.84 Å². The van der Waals surface area contributed by atoms with Crippen LogP contribution >= 0.6 is 0 Å². The van der Waals surface area contributed by atoms with Crippen LogP contribution in [-0.2, 0) is 9.84 Å². The molecule has 1 saturated heterocycles. The predicted molar refractivity (Wildman–Crippen MR) is 64.7 cm³/mol. The zero-order chi connectivity index (χ0) is 13.3. The molecule has 2 N–H and O–H groups in total. The molecule has 2 unspecified atom stereocenters. The molecule has 0 saturated carbocycles. The maximum absolute atomic E-state index is 13.0. The van der Waals surface area contributed by atoms with E-state index in [1.165, 1.54) is 12.1 Å². The monoisotopic (exact) mass is 275 g/mol. The summed E-state index contributed by atoms with van der Waals surface area (Å²) in [6.07, 6.45) is 1.01. The van der Waals surface area contributed by atoms with Gasteiger partial charge in [-0.05, 0) is 36.5 Å². The second-order valence-corrected chi connectivity index (χ2v) is 7.04. The van der Waals surface area contributed by atoms with Crippen LogP contribution in [0.1, 0.15) is 24.4 Å². The Morgan fingerprint density at radius 1 is 1.28 bits per heavy atom. The Morgan fingerprint density at radius 2 is 1.89 bits per heavy atom. The van der Waals surface area contributed by atoms with Gasteiger partial charge in [0, 0.05) is 12.1 Å². The topological polar surface area (TPSA) is 60.2 Å². The number of sulfone groups is 1. The molecule has 100 valence electrons. The first kappa shape index (κ1) is 13.4. The molecule has 1 aliphatic heterocycles. The first-order valence-corrected chi connectivity index (χ1v) is 7.60. The van der Waals surface area contributed by atoms with Crippen LogP contribution in [0.4, 0.5) is 8.78 Å². The van der Waals surface area contributed by atoms with Gasteiger partial charge in [0.25, 0.3) is 0 Å². The fourth-order valence-electron chi connectivity index (χ4n) is 2.34. The van der Waals surface area contributed by atoms with Crippen molar-refractivity contribution in [2.24, 2.45) is 11.7 Å². The molecular weight excluding hydrogens is 260 g/mol. The summed E-state index contributed by atoms with van der Waals surface area (Å²) in [7, 11) is -2.94. The Morgan fingerprint density at radius 3 is 2.39 bits per heavy atom. The lowest BCUT2D eigenvalue weighted by Gasteiger charge is -2.16. The Hall–Kier alpha value is -1.01. The molecule has 1 aliphatic rings. The lowest BCUT2D eigenvalue weighted by atomic mass is 9.95. The molecule has 0 bridgehead atoms. The average Bonchev–Trinajstić information content (AvgIpc) is 2.56. The molecule has 2 rings (SSSR count). The summed E-state index contributed by atoms with van der Waals surface area (Å²) >= 11 is 0. The van der Waals surface area contributed by atoms with Gasteiger partial charge in [0.1, 0.15) is 11.6 Å². The number of benzene rings is 1. The van der Waals surface area contributed by atoms with Crippen LogP contribution in [0.5, 0.6) is 0 Å². The van der Waals surface area contributed by atoms with Gasteiger partial charge in [-0.1, -0.05) is 0 Å². The minimum absolute atomic E-state index is 0.0173. The molecular formula is C12H15F2NO2S. The van der Waals surface area contributed by atoms with E-state index in [9.17, 15) is 17.2 Å². The lowest BCUT2D eigenvalue weighted by Crippen LogP contribution is -2.17. The highest BCUT2D eigenvalue weighted by Gasteiger charge is 2.29. The third-order valence-electron chi connectivity index (χ3n) is 3.23. The Labute approximate surface area is 105 Å². The minimum Gasteiger partial charge on any atom is -0.324 e. The van der Waals surface area contributed by atoms with Crippen LogP contribution in [0.2, 0.25) is 0 Å². The zero-order valence-corrected chi connectivity index (χ0v) is 10.6. The summed E-state index contributed by atoms with van der Waals surface area (Å²) in [4.78, 5) is 0. The number of halogens is 2. The molecule has 0 spiro atoms. The van der Waals surface area contributed by atoms with Crippen molar-refractivity contribution in [2.75, 3.05) is 11.5 Å². The molecule has 18 heavy (non-hydrogen) atoms. The molecule has 2 atom stereocenters. The fraction of sp³-hybridized carbons (Fsp3) is 0.500. The standard InChI is InChI=1S/C12H15F2NO2S/c13-10-4-9(5-11(14)6-10)12(15)3-8-1-2-18(16,17)7-8/h4-6,8,12H,1-3,7,15H2. The number of hydrogen-bond donors (Lipinski definition) is 1. The number of hydrogen-bond acceptors (Lipinski definition) is 3. The SMILES string of the molecule is NC(CC1CCS(=O)(=O)C1)c1cc(F)cc(F)c1. The van der Waals surface area contributed by atoms with Crippen LogP contribution in [0.25, 0.3) is 0 Å². The van der Waals surface area contributed by atoms with Crippen LogP contribution < -0.4 is 5.73 Å². The maximum atomic E-state index is 13.0. The van der Waals surface area contributed by atoms with E-state index in [0.29, 0.717) is 18.4 Å². The van der Waals surface area contributed by atoms with Crippen LogP contribution in [0, 0.1) is 17.6 Å². The van der Waals surface area contributed by atoms with Crippen molar-refractivity contribution in [3.8, 4) is 0 Å². The molecule has 1 aromatic rings. The van der Waals surface area contributed by atoms with Crippen LogP contribution in [-0.4, -0.2) is 19.9 Å². The summed E-state index contributed by atoms with van der Waals surface area (Å²) in [5, 5.41) is 0. The molecule has 6 heteroatoms. The van der Waals surface area contributed by atoms with E-state index >= 15 is 0 Å². The smallest absolute Gasteiger partial charge is 0.150 e. The summed E-state index contributed by atoms with van der Waals surface area (Å²) in [5.74, 6) is -1.05. The lowest BCUT2D eigenvalue weighted by molar-refractivity contribution is 0.476. The van der Waals surface area contributed by atoms with E-state index in [2.05, 4.69) is 0 Å². The molecule has 0 amide bonds. The number of nitrogens with two attached hydrogens (primary N) is 1. The summed E-state index contributed by atoms with van der Waals surface area (Å²) in [6, 6.07) is 2.64. The van der Waals surface area contributed by atoms with Crippen molar-refractivity contribution in [1.82, 2.24) is 0 Å². The van der Waals surface area contributed by atoms with Gasteiger partial charge in [-0.2, -0.15) is 0 Å². The van der Waals surface area contributed by atoms with Crippen molar-refractivity contribution < 1.29 is 17.2 Å². The van der Waals surface area contributed by atoms with Crippen molar-refractivity contribution in [1.29, 1.82) is 0 Å². The summed E-state index contributed by atoms with van der Waals surface area (Å²) < 4.78 is 48.7.